The molecule has 0 atom stereocenters. The fraction of sp³-hybridized carbons (Fsp3) is 0.429. The van der Waals surface area contributed by atoms with Gasteiger partial charge in [0.1, 0.15) is 5.82 Å². The number of fused-ring (bicyclic) bond motifs is 1. The van der Waals surface area contributed by atoms with Crippen molar-refractivity contribution in [3.05, 3.63) is 23.8 Å². The number of hydrogen-bond donors (Lipinski definition) is 1. The summed E-state index contributed by atoms with van der Waals surface area (Å²) in [5.74, 6) is 1.49. The Morgan fingerprint density at radius 1 is 1.17 bits per heavy atom. The van der Waals surface area contributed by atoms with E-state index in [1.807, 2.05) is 25.1 Å². The molecule has 2 rings (SSSR count). The number of ether oxygens (including phenoxy) is 1. The Bertz CT molecular complexity index is 573. The van der Waals surface area contributed by atoms with Crippen LogP contribution in [0.1, 0.15) is 26.3 Å². The van der Waals surface area contributed by atoms with Crippen LogP contribution in [0.5, 0.6) is 5.88 Å². The predicted molar refractivity (Wildman–Crippen MR) is 74.2 cm³/mol. The van der Waals surface area contributed by atoms with Gasteiger partial charge in [-0.25, -0.2) is 9.97 Å². The minimum Gasteiger partial charge on any atom is -0.481 e. The van der Waals surface area contributed by atoms with E-state index in [-0.39, 0.29) is 5.54 Å². The van der Waals surface area contributed by atoms with Crippen LogP contribution in [0.25, 0.3) is 11.0 Å². The first-order chi connectivity index (χ1) is 8.39. The average Bonchev–Trinajstić information content (AvgIpc) is 2.26. The molecule has 0 aliphatic carbocycles. The van der Waals surface area contributed by atoms with Crippen LogP contribution in [-0.4, -0.2) is 22.6 Å². The van der Waals surface area contributed by atoms with Gasteiger partial charge in [-0.1, -0.05) is 0 Å². The summed E-state index contributed by atoms with van der Waals surface area (Å²) in [6.07, 6.45) is 0. The van der Waals surface area contributed by atoms with Crippen LogP contribution in [0.2, 0.25) is 0 Å². The van der Waals surface area contributed by atoms with Gasteiger partial charge in [0.15, 0.2) is 0 Å². The number of aryl methyl sites for hydroxylation is 1. The summed E-state index contributed by atoms with van der Waals surface area (Å²) < 4.78 is 5.13. The zero-order valence-electron chi connectivity index (χ0n) is 11.5. The molecule has 1 N–H and O–H groups in total. The number of nitrogens with one attached hydrogen (secondary N) is 1. The van der Waals surface area contributed by atoms with Gasteiger partial charge in [-0.3, -0.25) is 0 Å². The van der Waals surface area contributed by atoms with E-state index in [9.17, 15) is 0 Å². The molecule has 4 nitrogen and oxygen atoms in total. The number of methoxy groups -OCH3 is 1. The molecular weight excluding hydrogens is 226 g/mol. The summed E-state index contributed by atoms with van der Waals surface area (Å²) in [6.45, 7) is 8.37. The van der Waals surface area contributed by atoms with Crippen LogP contribution in [0.4, 0.5) is 5.82 Å². The lowest BCUT2D eigenvalue weighted by molar-refractivity contribution is 0.399. The van der Waals surface area contributed by atoms with Crippen molar-refractivity contribution in [1.29, 1.82) is 0 Å². The number of anilines is 1. The Balaban J connectivity index is 2.50. The zero-order valence-corrected chi connectivity index (χ0v) is 11.5. The van der Waals surface area contributed by atoms with Gasteiger partial charge in [-0.05, 0) is 45.4 Å². The van der Waals surface area contributed by atoms with E-state index < -0.39 is 0 Å². The highest BCUT2D eigenvalue weighted by Crippen LogP contribution is 2.22. The minimum atomic E-state index is -0.00693. The van der Waals surface area contributed by atoms with Crippen LogP contribution < -0.4 is 10.1 Å². The van der Waals surface area contributed by atoms with E-state index in [1.54, 1.807) is 7.11 Å². The van der Waals surface area contributed by atoms with E-state index in [2.05, 4.69) is 36.1 Å². The number of rotatable bonds is 2. The molecule has 18 heavy (non-hydrogen) atoms. The highest BCUT2D eigenvalue weighted by Gasteiger charge is 2.12. The second-order valence-electron chi connectivity index (χ2n) is 5.42. The monoisotopic (exact) mass is 245 g/mol. The van der Waals surface area contributed by atoms with Gasteiger partial charge in [0.25, 0.3) is 0 Å². The van der Waals surface area contributed by atoms with Gasteiger partial charge >= 0.3 is 0 Å². The van der Waals surface area contributed by atoms with E-state index >= 15 is 0 Å². The molecule has 0 aromatic carbocycles. The van der Waals surface area contributed by atoms with Crippen molar-refractivity contribution >= 4 is 16.9 Å². The molecule has 0 saturated carbocycles. The molecule has 2 heterocycles. The largest absolute Gasteiger partial charge is 0.481 e. The third kappa shape index (κ3) is 2.70. The smallest absolute Gasteiger partial charge is 0.213 e. The van der Waals surface area contributed by atoms with Crippen LogP contribution in [-0.2, 0) is 0 Å². The van der Waals surface area contributed by atoms with Crippen LogP contribution in [0.3, 0.4) is 0 Å². The Labute approximate surface area is 107 Å². The summed E-state index contributed by atoms with van der Waals surface area (Å²) in [5.41, 5.74) is 2.84. The number of aromatic nitrogens is 2. The minimum absolute atomic E-state index is 0.00693. The van der Waals surface area contributed by atoms with Gasteiger partial charge in [-0.2, -0.15) is 0 Å². The van der Waals surface area contributed by atoms with Crippen LogP contribution >= 0.6 is 0 Å². The first kappa shape index (κ1) is 12.6. The van der Waals surface area contributed by atoms with Crippen molar-refractivity contribution in [1.82, 2.24) is 9.97 Å². The standard InChI is InChI=1S/C14H19N3O/c1-9-8-11(17-14(2,3)4)15-10-6-7-12(18-5)16-13(9)10/h6-8H,1-5H3,(H,15,17). The fourth-order valence-corrected chi connectivity index (χ4v) is 1.81. The summed E-state index contributed by atoms with van der Waals surface area (Å²) in [7, 11) is 1.62. The van der Waals surface area contributed by atoms with Crippen molar-refractivity contribution in [3.63, 3.8) is 0 Å². The van der Waals surface area contributed by atoms with Crippen molar-refractivity contribution in [2.24, 2.45) is 0 Å². The maximum atomic E-state index is 5.13. The van der Waals surface area contributed by atoms with Gasteiger partial charge in [0, 0.05) is 11.6 Å². The second kappa shape index (κ2) is 4.44. The maximum Gasteiger partial charge on any atom is 0.213 e. The molecule has 2 aromatic rings. The molecule has 0 radical (unpaired) electrons. The first-order valence-corrected chi connectivity index (χ1v) is 5.99. The number of pyridine rings is 2. The molecule has 96 valence electrons. The topological polar surface area (TPSA) is 47.0 Å². The molecule has 0 spiro atoms. The highest BCUT2D eigenvalue weighted by molar-refractivity contribution is 5.80. The highest BCUT2D eigenvalue weighted by atomic mass is 16.5. The van der Waals surface area contributed by atoms with Crippen molar-refractivity contribution < 1.29 is 4.74 Å². The van der Waals surface area contributed by atoms with Crippen molar-refractivity contribution in [2.45, 2.75) is 33.2 Å². The predicted octanol–water partition coefficient (Wildman–Crippen LogP) is 3.16. The summed E-state index contributed by atoms with van der Waals surface area (Å²) >= 11 is 0. The second-order valence-corrected chi connectivity index (χ2v) is 5.42. The summed E-state index contributed by atoms with van der Waals surface area (Å²) in [6, 6.07) is 5.78. The Kier molecular flexibility index (Phi) is 3.11. The number of nitrogens with zero attached hydrogens (tertiary/aromatic N) is 2. The lowest BCUT2D eigenvalue weighted by atomic mass is 10.1. The zero-order chi connectivity index (χ0) is 13.3. The Morgan fingerprint density at radius 2 is 1.89 bits per heavy atom. The summed E-state index contributed by atoms with van der Waals surface area (Å²) in [5, 5.41) is 3.37. The lowest BCUT2D eigenvalue weighted by Gasteiger charge is -2.21. The SMILES string of the molecule is COc1ccc2nc(NC(C)(C)C)cc(C)c2n1. The third-order valence-corrected chi connectivity index (χ3v) is 2.53. The van der Waals surface area contributed by atoms with Crippen molar-refractivity contribution in [3.8, 4) is 5.88 Å². The van der Waals surface area contributed by atoms with E-state index in [1.165, 1.54) is 0 Å². The first-order valence-electron chi connectivity index (χ1n) is 5.99. The maximum absolute atomic E-state index is 5.13. The van der Waals surface area contributed by atoms with Crippen LogP contribution in [0, 0.1) is 6.92 Å². The molecule has 0 aliphatic heterocycles. The van der Waals surface area contributed by atoms with E-state index in [0.29, 0.717) is 5.88 Å². The lowest BCUT2D eigenvalue weighted by Crippen LogP contribution is -2.26. The molecular formula is C14H19N3O. The molecule has 4 heteroatoms. The molecule has 0 saturated heterocycles. The van der Waals surface area contributed by atoms with E-state index in [4.69, 9.17) is 4.74 Å². The van der Waals surface area contributed by atoms with Crippen molar-refractivity contribution in [2.75, 3.05) is 12.4 Å². The van der Waals surface area contributed by atoms with Gasteiger partial charge < -0.3 is 10.1 Å². The van der Waals surface area contributed by atoms with Gasteiger partial charge in [0.05, 0.1) is 18.1 Å². The normalized spacial score (nSPS) is 11.6. The van der Waals surface area contributed by atoms with Gasteiger partial charge in [-0.15, -0.1) is 0 Å². The van der Waals surface area contributed by atoms with Gasteiger partial charge in [0.2, 0.25) is 5.88 Å². The molecule has 0 unspecified atom stereocenters. The quantitative estimate of drug-likeness (QED) is 0.882. The number of hydrogen-bond acceptors (Lipinski definition) is 4. The average molecular weight is 245 g/mol. The van der Waals surface area contributed by atoms with Crippen LogP contribution in [0.15, 0.2) is 18.2 Å². The fourth-order valence-electron chi connectivity index (χ4n) is 1.81. The van der Waals surface area contributed by atoms with E-state index in [0.717, 1.165) is 22.4 Å². The summed E-state index contributed by atoms with van der Waals surface area (Å²) in [4.78, 5) is 8.99. The molecule has 0 amide bonds. The molecule has 0 aliphatic rings. The third-order valence-electron chi connectivity index (χ3n) is 2.53. The molecule has 2 aromatic heterocycles. The Hall–Kier alpha value is -1.84. The Morgan fingerprint density at radius 3 is 2.50 bits per heavy atom. The molecule has 0 bridgehead atoms. The molecule has 0 fully saturated rings.